The quantitative estimate of drug-likeness (QED) is 0.0455. The Labute approximate surface area is 299 Å². The number of amides is 1. The summed E-state index contributed by atoms with van der Waals surface area (Å²) < 4.78 is 0. The molecule has 0 spiro atoms. The highest BCUT2D eigenvalue weighted by atomic mass is 16.3. The van der Waals surface area contributed by atoms with Gasteiger partial charge in [0.25, 0.3) is 0 Å². The van der Waals surface area contributed by atoms with Gasteiger partial charge in [-0.3, -0.25) is 4.79 Å². The fraction of sp³-hybridized carbons (Fsp3) is 0.795. The fourth-order valence-corrected chi connectivity index (χ4v) is 6.05. The first kappa shape index (κ1) is 46.4. The summed E-state index contributed by atoms with van der Waals surface area (Å²) in [5.74, 6) is -0.0900. The van der Waals surface area contributed by atoms with Gasteiger partial charge >= 0.3 is 0 Å². The Morgan fingerprint density at radius 1 is 0.500 bits per heavy atom. The van der Waals surface area contributed by atoms with E-state index in [0.29, 0.717) is 6.42 Å². The smallest absolute Gasteiger partial charge is 0.220 e. The summed E-state index contributed by atoms with van der Waals surface area (Å²) in [6, 6.07) is -0.646. The molecule has 0 aliphatic rings. The monoisotopic (exact) mass is 672 g/mol. The molecule has 0 saturated carbocycles. The predicted molar refractivity (Wildman–Crippen MR) is 211 cm³/mol. The van der Waals surface area contributed by atoms with Crippen molar-refractivity contribution >= 4 is 5.91 Å². The van der Waals surface area contributed by atoms with Crippen molar-refractivity contribution in [2.45, 2.75) is 219 Å². The van der Waals surface area contributed by atoms with Crippen molar-refractivity contribution < 1.29 is 15.0 Å². The van der Waals surface area contributed by atoms with Crippen LogP contribution in [-0.2, 0) is 4.79 Å². The molecule has 4 heteroatoms. The second-order valence-corrected chi connectivity index (χ2v) is 14.0. The van der Waals surface area contributed by atoms with E-state index in [9.17, 15) is 15.0 Å². The maximum absolute atomic E-state index is 12.3. The summed E-state index contributed by atoms with van der Waals surface area (Å²) in [7, 11) is 0. The Morgan fingerprint density at radius 3 is 1.42 bits per heavy atom. The summed E-state index contributed by atoms with van der Waals surface area (Å²) in [6.07, 6.45) is 53.6. The zero-order valence-corrected chi connectivity index (χ0v) is 32.0. The Morgan fingerprint density at radius 2 is 0.917 bits per heavy atom. The number of carbonyl (C=O) groups excluding carboxylic acids is 1. The third kappa shape index (κ3) is 35.7. The number of nitrogens with one attached hydrogen (secondary N) is 1. The average Bonchev–Trinajstić information content (AvgIpc) is 3.09. The lowest BCUT2D eigenvalue weighted by Crippen LogP contribution is -2.45. The van der Waals surface area contributed by atoms with Gasteiger partial charge in [-0.25, -0.2) is 0 Å². The van der Waals surface area contributed by atoms with Crippen LogP contribution in [0.25, 0.3) is 0 Å². The van der Waals surface area contributed by atoms with Gasteiger partial charge in [0.15, 0.2) is 0 Å². The number of hydrogen-bond donors (Lipinski definition) is 3. The summed E-state index contributed by atoms with van der Waals surface area (Å²) in [5.41, 5.74) is 0. The molecule has 0 fully saturated rings. The van der Waals surface area contributed by atoms with Gasteiger partial charge in [-0.15, -0.1) is 0 Å². The van der Waals surface area contributed by atoms with Crippen molar-refractivity contribution in [3.05, 3.63) is 48.6 Å². The zero-order chi connectivity index (χ0) is 35.0. The van der Waals surface area contributed by atoms with Crippen molar-refractivity contribution in [2.75, 3.05) is 6.61 Å². The minimum atomic E-state index is -0.868. The Bertz CT molecular complexity index is 771. The summed E-state index contributed by atoms with van der Waals surface area (Å²) >= 11 is 0. The molecule has 0 aliphatic heterocycles. The lowest BCUT2D eigenvalue weighted by atomic mass is 10.0. The van der Waals surface area contributed by atoms with Gasteiger partial charge in [-0.05, 0) is 57.8 Å². The standard InChI is InChI=1S/C44H81NO3/c1-3-5-7-9-11-13-15-17-18-19-20-21-22-23-24-25-26-28-29-31-33-35-37-39-43(47)42(41-46)45-44(48)40-38-36-34-32-30-27-16-14-12-10-8-6-4-2/h8,10,14,16,29,31,37,39,42-43,46-47H,3-7,9,11-13,15,17-28,30,32-36,38,40-41H2,1-2H3,(H,45,48)/b10-8-,16-14-,31-29+,39-37+. The van der Waals surface area contributed by atoms with Crippen LogP contribution in [0.5, 0.6) is 0 Å². The van der Waals surface area contributed by atoms with Crippen molar-refractivity contribution in [1.82, 2.24) is 5.32 Å². The second kappa shape index (κ2) is 39.8. The van der Waals surface area contributed by atoms with E-state index in [2.05, 4.69) is 55.6 Å². The van der Waals surface area contributed by atoms with Crippen LogP contribution in [0, 0.1) is 0 Å². The molecule has 0 aliphatic carbocycles. The number of rotatable bonds is 37. The summed E-state index contributed by atoms with van der Waals surface area (Å²) in [4.78, 5) is 12.3. The van der Waals surface area contributed by atoms with Gasteiger partial charge in [0, 0.05) is 6.42 Å². The van der Waals surface area contributed by atoms with Crippen LogP contribution < -0.4 is 5.32 Å². The third-order valence-corrected chi connectivity index (χ3v) is 9.27. The molecule has 0 saturated heterocycles. The average molecular weight is 672 g/mol. The van der Waals surface area contributed by atoms with E-state index in [0.717, 1.165) is 51.4 Å². The first-order chi connectivity index (χ1) is 23.7. The first-order valence-corrected chi connectivity index (χ1v) is 20.9. The SMILES string of the molecule is CCC/C=C\C/C=C\CCCCCCCC(=O)NC(CO)C(O)/C=C/CC/C=C/CCCCCCCCCCCCCCCCCCC. The second-order valence-electron chi connectivity index (χ2n) is 14.0. The number of unbranched alkanes of at least 4 members (excludes halogenated alkanes) is 24. The molecule has 2 unspecified atom stereocenters. The van der Waals surface area contributed by atoms with Crippen LogP contribution in [0.4, 0.5) is 0 Å². The number of allylic oxidation sites excluding steroid dienone is 7. The zero-order valence-electron chi connectivity index (χ0n) is 32.0. The van der Waals surface area contributed by atoms with Crippen LogP contribution in [0.1, 0.15) is 206 Å². The van der Waals surface area contributed by atoms with Crippen LogP contribution in [-0.4, -0.2) is 34.9 Å². The van der Waals surface area contributed by atoms with Crippen molar-refractivity contribution in [3.63, 3.8) is 0 Å². The van der Waals surface area contributed by atoms with E-state index in [1.807, 2.05) is 6.08 Å². The van der Waals surface area contributed by atoms with Crippen LogP contribution in [0.2, 0.25) is 0 Å². The summed E-state index contributed by atoms with van der Waals surface area (Å²) in [6.45, 7) is 4.22. The molecule has 1 amide bonds. The van der Waals surface area contributed by atoms with Crippen molar-refractivity contribution in [2.24, 2.45) is 0 Å². The minimum Gasteiger partial charge on any atom is -0.394 e. The van der Waals surface area contributed by atoms with Gasteiger partial charge in [0.05, 0.1) is 18.8 Å². The normalized spacial score (nSPS) is 13.5. The van der Waals surface area contributed by atoms with Crippen LogP contribution in [0.3, 0.4) is 0 Å². The van der Waals surface area contributed by atoms with Gasteiger partial charge in [-0.2, -0.15) is 0 Å². The molecule has 0 heterocycles. The number of aliphatic hydroxyl groups excluding tert-OH is 2. The highest BCUT2D eigenvalue weighted by Crippen LogP contribution is 2.15. The molecule has 0 aromatic carbocycles. The van der Waals surface area contributed by atoms with E-state index in [1.54, 1.807) is 6.08 Å². The number of carbonyl (C=O) groups is 1. The van der Waals surface area contributed by atoms with Crippen molar-refractivity contribution in [1.29, 1.82) is 0 Å². The Balaban J connectivity index is 3.62. The topological polar surface area (TPSA) is 69.6 Å². The first-order valence-electron chi connectivity index (χ1n) is 20.9. The van der Waals surface area contributed by atoms with E-state index in [4.69, 9.17) is 0 Å². The van der Waals surface area contributed by atoms with E-state index >= 15 is 0 Å². The maximum atomic E-state index is 12.3. The van der Waals surface area contributed by atoms with E-state index in [-0.39, 0.29) is 12.5 Å². The number of hydrogen-bond acceptors (Lipinski definition) is 3. The fourth-order valence-electron chi connectivity index (χ4n) is 6.05. The summed E-state index contributed by atoms with van der Waals surface area (Å²) in [5, 5.41) is 22.9. The lowest BCUT2D eigenvalue weighted by molar-refractivity contribution is -0.123. The van der Waals surface area contributed by atoms with E-state index < -0.39 is 12.1 Å². The predicted octanol–water partition coefficient (Wildman–Crippen LogP) is 12.8. The Hall–Kier alpha value is -1.65. The third-order valence-electron chi connectivity index (χ3n) is 9.27. The molecule has 0 bridgehead atoms. The van der Waals surface area contributed by atoms with Gasteiger partial charge in [0.2, 0.25) is 5.91 Å². The molecule has 0 radical (unpaired) electrons. The molecule has 2 atom stereocenters. The molecular formula is C44H81NO3. The van der Waals surface area contributed by atoms with E-state index in [1.165, 1.54) is 135 Å². The maximum Gasteiger partial charge on any atom is 0.220 e. The van der Waals surface area contributed by atoms with Gasteiger partial charge in [0.1, 0.15) is 0 Å². The van der Waals surface area contributed by atoms with Crippen LogP contribution >= 0.6 is 0 Å². The largest absolute Gasteiger partial charge is 0.394 e. The molecule has 4 nitrogen and oxygen atoms in total. The molecular weight excluding hydrogens is 590 g/mol. The molecule has 280 valence electrons. The lowest BCUT2D eigenvalue weighted by Gasteiger charge is -2.19. The molecule has 0 aromatic heterocycles. The minimum absolute atomic E-state index is 0.0900. The molecule has 0 rings (SSSR count). The van der Waals surface area contributed by atoms with Gasteiger partial charge in [-0.1, -0.05) is 191 Å². The Kier molecular flexibility index (Phi) is 38.4. The highest BCUT2D eigenvalue weighted by molar-refractivity contribution is 5.76. The molecule has 48 heavy (non-hydrogen) atoms. The highest BCUT2D eigenvalue weighted by Gasteiger charge is 2.17. The van der Waals surface area contributed by atoms with Gasteiger partial charge < -0.3 is 15.5 Å². The molecule has 3 N–H and O–H groups in total. The van der Waals surface area contributed by atoms with Crippen molar-refractivity contribution in [3.8, 4) is 0 Å². The number of aliphatic hydroxyl groups is 2. The van der Waals surface area contributed by atoms with Crippen LogP contribution in [0.15, 0.2) is 48.6 Å². The molecule has 0 aromatic rings.